The van der Waals surface area contributed by atoms with Crippen molar-refractivity contribution in [1.29, 1.82) is 0 Å². The minimum atomic E-state index is -0.955. The molecule has 0 bridgehead atoms. The topological polar surface area (TPSA) is 131 Å². The number of carbonyl (C=O) groups excluding carboxylic acids is 3. The number of rotatable bonds is 10. The molecule has 2 aromatic carbocycles. The highest BCUT2D eigenvalue weighted by molar-refractivity contribution is 5.90. The summed E-state index contributed by atoms with van der Waals surface area (Å²) in [4.78, 5) is 36.6. The summed E-state index contributed by atoms with van der Waals surface area (Å²) in [5, 5.41) is 14.5. The number of hydrogen-bond donors (Lipinski definition) is 4. The van der Waals surface area contributed by atoms with Crippen LogP contribution in [0, 0.1) is 0 Å². The number of amides is 3. The van der Waals surface area contributed by atoms with Gasteiger partial charge in [-0.1, -0.05) is 55.8 Å². The van der Waals surface area contributed by atoms with Crippen molar-refractivity contribution < 1.29 is 24.2 Å². The number of ether oxygens (including phenoxy) is 1. The first-order valence-electron chi connectivity index (χ1n) is 9.73. The molecular formula is C22H27N3O5. The Morgan fingerprint density at radius 1 is 0.967 bits per heavy atom. The van der Waals surface area contributed by atoms with Crippen LogP contribution in [0.3, 0.4) is 0 Å². The molecule has 2 atom stereocenters. The minimum Gasteiger partial charge on any atom is -0.508 e. The van der Waals surface area contributed by atoms with E-state index in [4.69, 9.17) is 10.5 Å². The fourth-order valence-corrected chi connectivity index (χ4v) is 2.83. The quantitative estimate of drug-likeness (QED) is 0.473. The molecule has 3 amide bonds. The third-order valence-corrected chi connectivity index (χ3v) is 4.43. The predicted molar refractivity (Wildman–Crippen MR) is 111 cm³/mol. The number of alkyl carbamates (subject to hydrolysis) is 1. The Bertz CT molecular complexity index is 840. The van der Waals surface area contributed by atoms with Crippen LogP contribution in [0.2, 0.25) is 0 Å². The maximum atomic E-state index is 12.7. The molecule has 0 heterocycles. The van der Waals surface area contributed by atoms with Crippen LogP contribution in [0.15, 0.2) is 54.6 Å². The van der Waals surface area contributed by atoms with Gasteiger partial charge in [-0.2, -0.15) is 0 Å². The molecule has 160 valence electrons. The van der Waals surface area contributed by atoms with Gasteiger partial charge in [-0.25, -0.2) is 4.79 Å². The summed E-state index contributed by atoms with van der Waals surface area (Å²) in [6, 6.07) is 13.6. The van der Waals surface area contributed by atoms with Crippen LogP contribution in [0.1, 0.15) is 30.9 Å². The summed E-state index contributed by atoms with van der Waals surface area (Å²) in [6.07, 6.45) is 0.452. The van der Waals surface area contributed by atoms with Crippen LogP contribution in [0.4, 0.5) is 4.79 Å². The van der Waals surface area contributed by atoms with Gasteiger partial charge in [0.2, 0.25) is 11.8 Å². The lowest BCUT2D eigenvalue weighted by molar-refractivity contribution is -0.128. The average Bonchev–Trinajstić information content (AvgIpc) is 2.73. The van der Waals surface area contributed by atoms with E-state index in [1.54, 1.807) is 12.1 Å². The van der Waals surface area contributed by atoms with E-state index < -0.39 is 30.0 Å². The number of phenols is 1. The number of carbonyl (C=O) groups is 3. The zero-order valence-electron chi connectivity index (χ0n) is 16.8. The smallest absolute Gasteiger partial charge is 0.408 e. The number of nitrogens with two attached hydrogens (primary N) is 1. The van der Waals surface area contributed by atoms with Crippen LogP contribution in [0.5, 0.6) is 5.75 Å². The molecule has 8 nitrogen and oxygen atoms in total. The Morgan fingerprint density at radius 3 is 2.23 bits per heavy atom. The lowest BCUT2D eigenvalue weighted by Gasteiger charge is -2.21. The first-order chi connectivity index (χ1) is 14.4. The van der Waals surface area contributed by atoms with Gasteiger partial charge in [-0.3, -0.25) is 9.59 Å². The molecule has 30 heavy (non-hydrogen) atoms. The summed E-state index contributed by atoms with van der Waals surface area (Å²) >= 11 is 0. The second kappa shape index (κ2) is 11.5. The second-order valence-electron chi connectivity index (χ2n) is 6.88. The summed E-state index contributed by atoms with van der Waals surface area (Å²) in [5.41, 5.74) is 6.98. The van der Waals surface area contributed by atoms with Gasteiger partial charge in [-0.15, -0.1) is 0 Å². The Hall–Kier alpha value is -3.55. The van der Waals surface area contributed by atoms with E-state index in [1.165, 1.54) is 12.1 Å². The molecular weight excluding hydrogens is 386 g/mol. The Kier molecular flexibility index (Phi) is 8.68. The van der Waals surface area contributed by atoms with Crippen molar-refractivity contribution in [3.05, 3.63) is 65.7 Å². The summed E-state index contributed by atoms with van der Waals surface area (Å²) < 4.78 is 5.17. The molecule has 8 heteroatoms. The third-order valence-electron chi connectivity index (χ3n) is 4.43. The van der Waals surface area contributed by atoms with Gasteiger partial charge in [-0.05, 0) is 29.7 Å². The van der Waals surface area contributed by atoms with Crippen LogP contribution < -0.4 is 16.4 Å². The van der Waals surface area contributed by atoms with Crippen molar-refractivity contribution in [3.63, 3.8) is 0 Å². The Morgan fingerprint density at radius 2 is 1.63 bits per heavy atom. The molecule has 0 aliphatic carbocycles. The fraction of sp³-hybridized carbons (Fsp3) is 0.318. The van der Waals surface area contributed by atoms with Gasteiger partial charge in [0.05, 0.1) is 0 Å². The second-order valence-corrected chi connectivity index (χ2v) is 6.88. The Balaban J connectivity index is 1.95. The van der Waals surface area contributed by atoms with Crippen molar-refractivity contribution in [2.45, 2.75) is 44.9 Å². The van der Waals surface area contributed by atoms with Gasteiger partial charge in [0.25, 0.3) is 0 Å². The van der Waals surface area contributed by atoms with Crippen molar-refractivity contribution in [2.24, 2.45) is 5.73 Å². The molecule has 0 saturated heterocycles. The molecule has 0 saturated carbocycles. The molecule has 0 unspecified atom stereocenters. The molecule has 2 rings (SSSR count). The van der Waals surface area contributed by atoms with Crippen molar-refractivity contribution in [1.82, 2.24) is 10.6 Å². The van der Waals surface area contributed by atoms with E-state index in [2.05, 4.69) is 10.6 Å². The SMILES string of the molecule is CCC[C@H](NC(=O)OCc1ccccc1)C(=O)N[C@@H](Cc1ccc(O)cc1)C(N)=O. The number of phenolic OH excluding ortho intramolecular Hbond substituents is 1. The van der Waals surface area contributed by atoms with E-state index in [1.807, 2.05) is 37.3 Å². The first kappa shape index (κ1) is 22.7. The average molecular weight is 413 g/mol. The molecule has 0 aliphatic rings. The number of benzene rings is 2. The maximum Gasteiger partial charge on any atom is 0.408 e. The lowest BCUT2D eigenvalue weighted by atomic mass is 10.0. The van der Waals surface area contributed by atoms with Crippen LogP contribution in [-0.4, -0.2) is 35.1 Å². The number of hydrogen-bond acceptors (Lipinski definition) is 5. The van der Waals surface area contributed by atoms with Crippen molar-refractivity contribution in [2.75, 3.05) is 0 Å². The number of nitrogens with one attached hydrogen (secondary N) is 2. The minimum absolute atomic E-state index is 0.0813. The summed E-state index contributed by atoms with van der Waals surface area (Å²) in [7, 11) is 0. The zero-order valence-corrected chi connectivity index (χ0v) is 16.8. The number of aromatic hydroxyl groups is 1. The molecule has 0 spiro atoms. The highest BCUT2D eigenvalue weighted by Crippen LogP contribution is 2.11. The molecule has 5 N–H and O–H groups in total. The highest BCUT2D eigenvalue weighted by Gasteiger charge is 2.25. The van der Waals surface area contributed by atoms with Gasteiger partial charge >= 0.3 is 6.09 Å². The van der Waals surface area contributed by atoms with Gasteiger partial charge in [0.1, 0.15) is 24.4 Å². The van der Waals surface area contributed by atoms with Gasteiger partial charge in [0, 0.05) is 6.42 Å². The molecule has 2 aromatic rings. The van der Waals surface area contributed by atoms with E-state index in [9.17, 15) is 19.5 Å². The van der Waals surface area contributed by atoms with Crippen molar-refractivity contribution >= 4 is 17.9 Å². The van der Waals surface area contributed by atoms with Gasteiger partial charge in [0.15, 0.2) is 0 Å². The largest absolute Gasteiger partial charge is 0.508 e. The highest BCUT2D eigenvalue weighted by atomic mass is 16.5. The van der Waals surface area contributed by atoms with E-state index >= 15 is 0 Å². The lowest BCUT2D eigenvalue weighted by Crippen LogP contribution is -2.53. The van der Waals surface area contributed by atoms with Crippen LogP contribution >= 0.6 is 0 Å². The predicted octanol–water partition coefficient (Wildman–Crippen LogP) is 2.00. The number of primary amides is 1. The van der Waals surface area contributed by atoms with Crippen LogP contribution in [0.25, 0.3) is 0 Å². The fourth-order valence-electron chi connectivity index (χ4n) is 2.83. The Labute approximate surface area is 175 Å². The standard InChI is InChI=1S/C22H27N3O5/c1-2-6-18(25-22(29)30-14-16-7-4-3-5-8-16)21(28)24-19(20(23)27)13-15-9-11-17(26)12-10-15/h3-5,7-12,18-19,26H,2,6,13-14H2,1H3,(H2,23,27)(H,24,28)(H,25,29)/t18-,19-/m0/s1. The van der Waals surface area contributed by atoms with Crippen molar-refractivity contribution in [3.8, 4) is 5.75 Å². The first-order valence-corrected chi connectivity index (χ1v) is 9.73. The summed E-state index contributed by atoms with van der Waals surface area (Å²) in [6.45, 7) is 1.96. The maximum absolute atomic E-state index is 12.7. The van der Waals surface area contributed by atoms with E-state index in [-0.39, 0.29) is 18.8 Å². The van der Waals surface area contributed by atoms with Crippen LogP contribution in [-0.2, 0) is 27.4 Å². The normalized spacial score (nSPS) is 12.4. The van der Waals surface area contributed by atoms with E-state index in [0.717, 1.165) is 11.1 Å². The monoisotopic (exact) mass is 413 g/mol. The zero-order chi connectivity index (χ0) is 21.9. The molecule has 0 aromatic heterocycles. The molecule has 0 aliphatic heterocycles. The molecule has 0 fully saturated rings. The van der Waals surface area contributed by atoms with Gasteiger partial charge < -0.3 is 26.2 Å². The third kappa shape index (κ3) is 7.46. The van der Waals surface area contributed by atoms with E-state index in [0.29, 0.717) is 12.8 Å². The summed E-state index contributed by atoms with van der Waals surface area (Å²) in [5.74, 6) is -1.12. The molecule has 0 radical (unpaired) electrons.